The zero-order chi connectivity index (χ0) is 26.4. The van der Waals surface area contributed by atoms with Crippen LogP contribution in [-0.2, 0) is 16.1 Å². The van der Waals surface area contributed by atoms with E-state index in [1.807, 2.05) is 31.2 Å². The lowest BCUT2D eigenvalue weighted by molar-refractivity contribution is -0.136. The van der Waals surface area contributed by atoms with E-state index in [4.69, 9.17) is 0 Å². The molecule has 2 saturated heterocycles. The average molecular weight is 515 g/mol. The minimum absolute atomic E-state index is 0.200. The molecule has 4 amide bonds. The van der Waals surface area contributed by atoms with E-state index in [0.717, 1.165) is 17.1 Å². The summed E-state index contributed by atoms with van der Waals surface area (Å²) in [5.74, 6) is -0.328. The molecule has 12 nitrogen and oxygen atoms in total. The topological polar surface area (TPSA) is 134 Å². The molecule has 0 saturated carbocycles. The van der Waals surface area contributed by atoms with Crippen LogP contribution in [0.2, 0.25) is 0 Å². The number of piperazine rings is 1. The molecule has 1 N–H and O–H groups in total. The Morgan fingerprint density at radius 2 is 1.87 bits per heavy atom. The van der Waals surface area contributed by atoms with Gasteiger partial charge in [0, 0.05) is 50.4 Å². The summed E-state index contributed by atoms with van der Waals surface area (Å²) < 4.78 is 1.47. The highest BCUT2D eigenvalue weighted by Gasteiger charge is 2.39. The number of pyridine rings is 1. The quantitative estimate of drug-likeness (QED) is 0.503. The van der Waals surface area contributed by atoms with Crippen LogP contribution in [0, 0.1) is 6.92 Å². The first-order valence-electron chi connectivity index (χ1n) is 12.6. The summed E-state index contributed by atoms with van der Waals surface area (Å²) in [7, 11) is 0. The Balaban J connectivity index is 1.13. The second-order valence-electron chi connectivity index (χ2n) is 9.71. The molecular weight excluding hydrogens is 488 g/mol. The minimum Gasteiger partial charge on any atom is -0.353 e. The lowest BCUT2D eigenvalue weighted by atomic mass is 10.0. The van der Waals surface area contributed by atoms with Gasteiger partial charge in [0.15, 0.2) is 5.69 Å². The standard InChI is InChI=1S/C26H26N8O4/c1-16-3-2-4-22(27-16)31-9-11-32(12-10-31)26(38)20-15-34(30-29-20)18-6-5-17-14-33(25(37)19(17)13-18)21-7-8-23(35)28-24(21)36/h2-6,13,15,21H,7-12,14H2,1H3,(H,28,35,36). The van der Waals surface area contributed by atoms with Crippen molar-refractivity contribution in [2.45, 2.75) is 32.4 Å². The molecule has 0 aliphatic carbocycles. The highest BCUT2D eigenvalue weighted by atomic mass is 16.2. The molecule has 1 unspecified atom stereocenters. The number of hydrogen-bond acceptors (Lipinski definition) is 8. The van der Waals surface area contributed by atoms with Crippen LogP contribution in [0.25, 0.3) is 5.69 Å². The molecule has 0 spiro atoms. The van der Waals surface area contributed by atoms with Gasteiger partial charge in [-0.05, 0) is 43.2 Å². The Hall–Kier alpha value is -4.61. The second kappa shape index (κ2) is 9.36. The summed E-state index contributed by atoms with van der Waals surface area (Å²) in [6.45, 7) is 4.69. The molecule has 3 aliphatic heterocycles. The van der Waals surface area contributed by atoms with Crippen LogP contribution in [0.1, 0.15) is 44.9 Å². The highest BCUT2D eigenvalue weighted by Crippen LogP contribution is 2.29. The van der Waals surface area contributed by atoms with Gasteiger partial charge in [-0.3, -0.25) is 24.5 Å². The first-order valence-corrected chi connectivity index (χ1v) is 12.6. The zero-order valence-corrected chi connectivity index (χ0v) is 20.8. The molecule has 6 rings (SSSR count). The fourth-order valence-corrected chi connectivity index (χ4v) is 5.18. The SMILES string of the molecule is Cc1cccc(N2CCN(C(=O)c3cn(-c4ccc5c(c4)C(=O)N(C4CCC(=O)NC4=O)C5)nn3)CC2)n1. The number of nitrogens with one attached hydrogen (secondary N) is 1. The lowest BCUT2D eigenvalue weighted by Crippen LogP contribution is -2.52. The Bertz CT molecular complexity index is 1460. The summed E-state index contributed by atoms with van der Waals surface area (Å²) in [6.07, 6.45) is 2.08. The van der Waals surface area contributed by atoms with E-state index in [0.29, 0.717) is 50.4 Å². The van der Waals surface area contributed by atoms with Gasteiger partial charge in [-0.1, -0.05) is 17.3 Å². The summed E-state index contributed by atoms with van der Waals surface area (Å²) in [4.78, 5) is 60.0. The van der Waals surface area contributed by atoms with E-state index in [-0.39, 0.29) is 29.8 Å². The number of piperidine rings is 1. The van der Waals surface area contributed by atoms with Gasteiger partial charge in [0.2, 0.25) is 11.8 Å². The van der Waals surface area contributed by atoms with Crippen LogP contribution < -0.4 is 10.2 Å². The van der Waals surface area contributed by atoms with E-state index in [9.17, 15) is 19.2 Å². The summed E-state index contributed by atoms with van der Waals surface area (Å²) >= 11 is 0. The van der Waals surface area contributed by atoms with Crippen LogP contribution in [0.5, 0.6) is 0 Å². The molecule has 38 heavy (non-hydrogen) atoms. The summed E-state index contributed by atoms with van der Waals surface area (Å²) in [6, 6.07) is 10.5. The Kier molecular flexibility index (Phi) is 5.86. The number of benzene rings is 1. The van der Waals surface area contributed by atoms with Crippen molar-refractivity contribution >= 4 is 29.4 Å². The number of amides is 4. The number of nitrogens with zero attached hydrogens (tertiary/aromatic N) is 7. The number of anilines is 1. The van der Waals surface area contributed by atoms with Gasteiger partial charge in [-0.15, -0.1) is 5.10 Å². The Labute approximate surface area is 218 Å². The number of fused-ring (bicyclic) bond motifs is 1. The maximum Gasteiger partial charge on any atom is 0.276 e. The molecular formula is C26H26N8O4. The first-order chi connectivity index (χ1) is 18.4. The minimum atomic E-state index is -0.672. The van der Waals surface area contributed by atoms with Crippen molar-refractivity contribution in [3.63, 3.8) is 0 Å². The number of carbonyl (C=O) groups excluding carboxylic acids is 4. The van der Waals surface area contributed by atoms with Crippen molar-refractivity contribution in [2.24, 2.45) is 0 Å². The fourth-order valence-electron chi connectivity index (χ4n) is 5.18. The van der Waals surface area contributed by atoms with E-state index < -0.39 is 11.9 Å². The number of imide groups is 1. The van der Waals surface area contributed by atoms with Crippen molar-refractivity contribution in [3.8, 4) is 5.69 Å². The first kappa shape index (κ1) is 23.8. The van der Waals surface area contributed by atoms with Crippen molar-refractivity contribution in [1.29, 1.82) is 0 Å². The molecule has 0 radical (unpaired) electrons. The van der Waals surface area contributed by atoms with Gasteiger partial charge in [0.25, 0.3) is 11.8 Å². The van der Waals surface area contributed by atoms with E-state index in [1.165, 1.54) is 9.58 Å². The van der Waals surface area contributed by atoms with E-state index in [2.05, 4.69) is 25.5 Å². The predicted octanol–water partition coefficient (Wildman–Crippen LogP) is 0.694. The maximum atomic E-state index is 13.1. The normalized spacial score (nSPS) is 19.6. The number of hydrogen-bond donors (Lipinski definition) is 1. The monoisotopic (exact) mass is 514 g/mol. The number of aromatic nitrogens is 4. The molecule has 3 aromatic rings. The molecule has 1 aromatic carbocycles. The van der Waals surface area contributed by atoms with Gasteiger partial charge >= 0.3 is 0 Å². The van der Waals surface area contributed by atoms with Crippen LogP contribution >= 0.6 is 0 Å². The van der Waals surface area contributed by atoms with Crippen LogP contribution in [-0.4, -0.2) is 85.6 Å². The van der Waals surface area contributed by atoms with E-state index >= 15 is 0 Å². The molecule has 5 heterocycles. The molecule has 12 heteroatoms. The maximum absolute atomic E-state index is 13.1. The molecule has 2 fully saturated rings. The third-order valence-electron chi connectivity index (χ3n) is 7.25. The van der Waals surface area contributed by atoms with Crippen molar-refractivity contribution in [3.05, 3.63) is 65.1 Å². The van der Waals surface area contributed by atoms with Crippen molar-refractivity contribution in [1.82, 2.24) is 35.1 Å². The summed E-state index contributed by atoms with van der Waals surface area (Å²) in [5, 5.41) is 10.5. The van der Waals surface area contributed by atoms with Gasteiger partial charge in [-0.2, -0.15) is 0 Å². The predicted molar refractivity (Wildman–Crippen MR) is 134 cm³/mol. The molecule has 3 aliphatic rings. The third-order valence-corrected chi connectivity index (χ3v) is 7.25. The van der Waals surface area contributed by atoms with Gasteiger partial charge < -0.3 is 14.7 Å². The summed E-state index contributed by atoms with van der Waals surface area (Å²) in [5.41, 5.74) is 3.03. The van der Waals surface area contributed by atoms with Crippen LogP contribution in [0.15, 0.2) is 42.6 Å². The van der Waals surface area contributed by atoms with Gasteiger partial charge in [-0.25, -0.2) is 9.67 Å². The smallest absolute Gasteiger partial charge is 0.276 e. The molecule has 0 bridgehead atoms. The van der Waals surface area contributed by atoms with Gasteiger partial charge in [0.05, 0.1) is 11.9 Å². The molecule has 194 valence electrons. The van der Waals surface area contributed by atoms with Crippen molar-refractivity contribution in [2.75, 3.05) is 31.1 Å². The molecule has 1 atom stereocenters. The third kappa shape index (κ3) is 4.27. The molecule has 2 aromatic heterocycles. The average Bonchev–Trinajstić information content (AvgIpc) is 3.54. The zero-order valence-electron chi connectivity index (χ0n) is 20.8. The Morgan fingerprint density at radius 1 is 1.05 bits per heavy atom. The van der Waals surface area contributed by atoms with Crippen LogP contribution in [0.3, 0.4) is 0 Å². The largest absolute Gasteiger partial charge is 0.353 e. The lowest BCUT2D eigenvalue weighted by Gasteiger charge is -2.35. The second-order valence-corrected chi connectivity index (χ2v) is 9.71. The number of carbonyl (C=O) groups is 4. The Morgan fingerprint density at radius 3 is 2.63 bits per heavy atom. The van der Waals surface area contributed by atoms with Crippen LogP contribution in [0.4, 0.5) is 5.82 Å². The number of rotatable bonds is 4. The number of aryl methyl sites for hydroxylation is 1. The fraction of sp³-hybridized carbons (Fsp3) is 0.346. The van der Waals surface area contributed by atoms with Crippen molar-refractivity contribution < 1.29 is 19.2 Å². The van der Waals surface area contributed by atoms with E-state index in [1.54, 1.807) is 23.2 Å². The van der Waals surface area contributed by atoms with Gasteiger partial charge in [0.1, 0.15) is 11.9 Å². The highest BCUT2D eigenvalue weighted by molar-refractivity contribution is 6.05.